The van der Waals surface area contributed by atoms with Crippen molar-refractivity contribution in [2.45, 2.75) is 24.7 Å². The topological polar surface area (TPSA) is 110 Å². The number of nitrogens with zero attached hydrogens (tertiary/aromatic N) is 5. The fraction of sp³-hybridized carbons (Fsp3) is 0.300. The van der Waals surface area contributed by atoms with E-state index >= 15 is 0 Å². The fourth-order valence-corrected chi connectivity index (χ4v) is 5.16. The van der Waals surface area contributed by atoms with Crippen molar-refractivity contribution in [2.24, 2.45) is 5.92 Å². The predicted octanol–water partition coefficient (Wildman–Crippen LogP) is 2.66. The lowest BCUT2D eigenvalue weighted by Crippen LogP contribution is -2.41. The summed E-state index contributed by atoms with van der Waals surface area (Å²) >= 11 is 6.02. The number of nitrogens with one attached hydrogen (secondary N) is 1. The molecule has 1 aliphatic rings. The van der Waals surface area contributed by atoms with Gasteiger partial charge in [-0.2, -0.15) is 4.31 Å². The Balaban J connectivity index is 1.39. The van der Waals surface area contributed by atoms with Gasteiger partial charge in [0.1, 0.15) is 6.33 Å². The lowest BCUT2D eigenvalue weighted by atomic mass is 9.97. The van der Waals surface area contributed by atoms with Crippen LogP contribution >= 0.6 is 11.6 Å². The molecular formula is C20H21ClN6O3S. The summed E-state index contributed by atoms with van der Waals surface area (Å²) < 4.78 is 28.9. The molecule has 1 aromatic heterocycles. The van der Waals surface area contributed by atoms with E-state index in [0.717, 1.165) is 5.56 Å². The molecule has 0 unspecified atom stereocenters. The Kier molecular flexibility index (Phi) is 6.03. The Morgan fingerprint density at radius 1 is 1.13 bits per heavy atom. The van der Waals surface area contributed by atoms with Gasteiger partial charge < -0.3 is 5.32 Å². The Hall–Kier alpha value is -2.82. The quantitative estimate of drug-likeness (QED) is 0.626. The summed E-state index contributed by atoms with van der Waals surface area (Å²) in [5.74, 6) is -0.375. The molecule has 2 aromatic carbocycles. The smallest absolute Gasteiger partial charge is 0.243 e. The van der Waals surface area contributed by atoms with Gasteiger partial charge >= 0.3 is 0 Å². The van der Waals surface area contributed by atoms with E-state index in [0.29, 0.717) is 29.2 Å². The molecule has 1 saturated heterocycles. The highest BCUT2D eigenvalue weighted by molar-refractivity contribution is 7.89. The van der Waals surface area contributed by atoms with E-state index in [2.05, 4.69) is 20.8 Å². The summed E-state index contributed by atoms with van der Waals surface area (Å²) in [4.78, 5) is 12.9. The van der Waals surface area contributed by atoms with Gasteiger partial charge in [0.15, 0.2) is 0 Å². The molecule has 2 heterocycles. The minimum Gasteiger partial charge on any atom is -0.326 e. The van der Waals surface area contributed by atoms with Gasteiger partial charge in [-0.25, -0.2) is 13.1 Å². The molecule has 1 aliphatic heterocycles. The monoisotopic (exact) mass is 460 g/mol. The van der Waals surface area contributed by atoms with Crippen LogP contribution in [-0.4, -0.2) is 51.9 Å². The number of aromatic nitrogens is 4. The van der Waals surface area contributed by atoms with Crippen molar-refractivity contribution < 1.29 is 13.2 Å². The second kappa shape index (κ2) is 8.74. The number of aryl methyl sites for hydroxylation is 1. The molecule has 4 rings (SSSR count). The van der Waals surface area contributed by atoms with Gasteiger partial charge in [0.2, 0.25) is 15.9 Å². The van der Waals surface area contributed by atoms with Crippen molar-refractivity contribution in [2.75, 3.05) is 18.4 Å². The largest absolute Gasteiger partial charge is 0.326 e. The maximum atomic E-state index is 13.0. The van der Waals surface area contributed by atoms with E-state index in [-0.39, 0.29) is 29.8 Å². The Morgan fingerprint density at radius 3 is 2.48 bits per heavy atom. The average molecular weight is 461 g/mol. The van der Waals surface area contributed by atoms with Gasteiger partial charge in [0.05, 0.1) is 10.6 Å². The highest BCUT2D eigenvalue weighted by atomic mass is 35.5. The van der Waals surface area contributed by atoms with Gasteiger partial charge in [-0.15, -0.1) is 5.10 Å². The highest BCUT2D eigenvalue weighted by Crippen LogP contribution is 2.27. The maximum absolute atomic E-state index is 13.0. The molecule has 1 amide bonds. The van der Waals surface area contributed by atoms with Gasteiger partial charge in [0, 0.05) is 29.7 Å². The third kappa shape index (κ3) is 4.60. The molecule has 162 valence electrons. The second-order valence-electron chi connectivity index (χ2n) is 7.38. The van der Waals surface area contributed by atoms with Crippen LogP contribution < -0.4 is 5.32 Å². The van der Waals surface area contributed by atoms with Gasteiger partial charge in [-0.05, 0) is 72.2 Å². The average Bonchev–Trinajstić information content (AvgIpc) is 3.31. The number of carbonyl (C=O) groups excluding carboxylic acids is 1. The zero-order chi connectivity index (χ0) is 22.0. The third-order valence-electron chi connectivity index (χ3n) is 5.37. The summed E-state index contributed by atoms with van der Waals surface area (Å²) in [7, 11) is -3.64. The van der Waals surface area contributed by atoms with Crippen molar-refractivity contribution in [3.8, 4) is 5.69 Å². The lowest BCUT2D eigenvalue weighted by molar-refractivity contribution is -0.120. The van der Waals surface area contributed by atoms with Crippen molar-refractivity contribution in [1.82, 2.24) is 24.5 Å². The van der Waals surface area contributed by atoms with E-state index < -0.39 is 10.0 Å². The van der Waals surface area contributed by atoms with Crippen LogP contribution in [0.1, 0.15) is 18.4 Å². The molecule has 0 bridgehead atoms. The fourth-order valence-electron chi connectivity index (χ4n) is 3.52. The van der Waals surface area contributed by atoms with Crippen LogP contribution in [0.3, 0.4) is 0 Å². The third-order valence-corrected chi connectivity index (χ3v) is 7.52. The van der Waals surface area contributed by atoms with Crippen LogP contribution in [0.4, 0.5) is 5.69 Å². The van der Waals surface area contributed by atoms with Crippen LogP contribution in [0.25, 0.3) is 5.69 Å². The summed E-state index contributed by atoms with van der Waals surface area (Å²) in [5.41, 5.74) is 2.26. The van der Waals surface area contributed by atoms with E-state index in [1.54, 1.807) is 24.3 Å². The van der Waals surface area contributed by atoms with Crippen molar-refractivity contribution >= 4 is 33.2 Å². The molecular weight excluding hydrogens is 440 g/mol. The predicted molar refractivity (Wildman–Crippen MR) is 115 cm³/mol. The number of tetrazole rings is 1. The number of carbonyl (C=O) groups is 1. The summed E-state index contributed by atoms with van der Waals surface area (Å²) in [5, 5.41) is 14.4. The van der Waals surface area contributed by atoms with Crippen molar-refractivity contribution in [1.29, 1.82) is 0 Å². The number of sulfonamides is 1. The molecule has 31 heavy (non-hydrogen) atoms. The molecule has 0 aliphatic carbocycles. The van der Waals surface area contributed by atoms with Crippen molar-refractivity contribution in [3.63, 3.8) is 0 Å². The van der Waals surface area contributed by atoms with Crippen LogP contribution in [0.15, 0.2) is 53.7 Å². The van der Waals surface area contributed by atoms with Gasteiger partial charge in [-0.1, -0.05) is 17.7 Å². The normalized spacial score (nSPS) is 15.7. The van der Waals surface area contributed by atoms with E-state index in [1.807, 2.05) is 13.0 Å². The summed E-state index contributed by atoms with van der Waals surface area (Å²) in [6.45, 7) is 2.46. The number of benzene rings is 2. The molecule has 1 N–H and O–H groups in total. The number of hydrogen-bond donors (Lipinski definition) is 1. The highest BCUT2D eigenvalue weighted by Gasteiger charge is 2.32. The molecule has 0 atom stereocenters. The molecule has 11 heteroatoms. The number of rotatable bonds is 5. The Labute approximate surface area is 185 Å². The molecule has 1 fully saturated rings. The number of anilines is 1. The minimum atomic E-state index is -3.64. The van der Waals surface area contributed by atoms with Crippen LogP contribution in [0, 0.1) is 12.8 Å². The number of halogens is 1. The number of hydrogen-bond acceptors (Lipinski definition) is 6. The van der Waals surface area contributed by atoms with E-state index in [4.69, 9.17) is 11.6 Å². The zero-order valence-corrected chi connectivity index (χ0v) is 18.3. The summed E-state index contributed by atoms with van der Waals surface area (Å²) in [6, 6.07) is 11.7. The first-order valence-corrected chi connectivity index (χ1v) is 11.6. The first kappa shape index (κ1) is 21.4. The molecule has 0 radical (unpaired) electrons. The minimum absolute atomic E-state index is 0.117. The first-order chi connectivity index (χ1) is 14.8. The first-order valence-electron chi connectivity index (χ1n) is 9.75. The van der Waals surface area contributed by atoms with Crippen LogP contribution in [-0.2, 0) is 14.8 Å². The van der Waals surface area contributed by atoms with E-state index in [1.165, 1.54) is 27.4 Å². The summed E-state index contributed by atoms with van der Waals surface area (Å²) in [6.07, 6.45) is 2.34. The Bertz CT molecular complexity index is 1170. The maximum Gasteiger partial charge on any atom is 0.243 e. The number of amides is 1. The van der Waals surface area contributed by atoms with Gasteiger partial charge in [0.25, 0.3) is 0 Å². The number of piperidine rings is 1. The van der Waals surface area contributed by atoms with Crippen LogP contribution in [0.5, 0.6) is 0 Å². The molecule has 9 nitrogen and oxygen atoms in total. The van der Waals surface area contributed by atoms with Crippen LogP contribution in [0.2, 0.25) is 5.02 Å². The Morgan fingerprint density at radius 2 is 1.84 bits per heavy atom. The standard InChI is InChI=1S/C20H21ClN6O3S/c1-14-2-3-16(21)12-19(14)23-20(28)15-8-10-26(11-9-15)31(29,30)18-6-4-17(5-7-18)27-13-22-24-25-27/h2-7,12-13,15H,8-11H2,1H3,(H,23,28). The molecule has 0 saturated carbocycles. The molecule has 3 aromatic rings. The van der Waals surface area contributed by atoms with Crippen molar-refractivity contribution in [3.05, 3.63) is 59.4 Å². The second-order valence-corrected chi connectivity index (χ2v) is 9.75. The lowest BCUT2D eigenvalue weighted by Gasteiger charge is -2.30. The zero-order valence-electron chi connectivity index (χ0n) is 16.8. The SMILES string of the molecule is Cc1ccc(Cl)cc1NC(=O)C1CCN(S(=O)(=O)c2ccc(-n3cnnn3)cc2)CC1. The van der Waals surface area contributed by atoms with E-state index in [9.17, 15) is 13.2 Å². The molecule has 0 spiro atoms. The van der Waals surface area contributed by atoms with Gasteiger partial charge in [-0.3, -0.25) is 4.79 Å².